The van der Waals surface area contributed by atoms with Crippen LogP contribution in [0.2, 0.25) is 0 Å². The van der Waals surface area contributed by atoms with Crippen molar-refractivity contribution in [2.45, 2.75) is 36.8 Å². The van der Waals surface area contributed by atoms with E-state index in [0.717, 1.165) is 22.9 Å². The van der Waals surface area contributed by atoms with E-state index in [1.54, 1.807) is 11.8 Å². The number of carbonyl (C=O) groups excluding carboxylic acids is 1. The van der Waals surface area contributed by atoms with Gasteiger partial charge in [-0.2, -0.15) is 0 Å². The van der Waals surface area contributed by atoms with Crippen LogP contribution in [0.3, 0.4) is 0 Å². The second-order valence-corrected chi connectivity index (χ2v) is 7.62. The molecule has 1 amide bonds. The molecule has 1 heterocycles. The van der Waals surface area contributed by atoms with Crippen LogP contribution in [-0.2, 0) is 10.5 Å². The highest BCUT2D eigenvalue weighted by molar-refractivity contribution is 8.00. The zero-order valence-corrected chi connectivity index (χ0v) is 13.7. The van der Waals surface area contributed by atoms with E-state index in [4.69, 9.17) is 0 Å². The minimum absolute atomic E-state index is 0.0806. The van der Waals surface area contributed by atoms with Gasteiger partial charge in [0.25, 0.3) is 0 Å². The standard InChI is InChI=1S/C15H17N3OS2/c1-9-5-10(2)7-11(6-9)8-20-15-18-17-14(21-15)16-13(19)12-3-4-12/h5-7,12H,3-4,8H2,1-2H3,(H,16,17,19). The summed E-state index contributed by atoms with van der Waals surface area (Å²) in [5, 5.41) is 11.6. The SMILES string of the molecule is Cc1cc(C)cc(CSc2nnc(NC(=O)C3CC3)s2)c1. The van der Waals surface area contributed by atoms with Crippen LogP contribution in [0.1, 0.15) is 29.5 Å². The number of nitrogens with zero attached hydrogens (tertiary/aromatic N) is 2. The first-order chi connectivity index (χ1) is 10.1. The van der Waals surface area contributed by atoms with E-state index in [2.05, 4.69) is 47.6 Å². The van der Waals surface area contributed by atoms with Crippen molar-refractivity contribution in [2.24, 2.45) is 5.92 Å². The summed E-state index contributed by atoms with van der Waals surface area (Å²) in [6.07, 6.45) is 2.00. The Labute approximate surface area is 132 Å². The molecule has 0 unspecified atom stereocenters. The third kappa shape index (κ3) is 4.04. The van der Waals surface area contributed by atoms with Gasteiger partial charge in [-0.3, -0.25) is 4.79 Å². The lowest BCUT2D eigenvalue weighted by atomic mass is 10.1. The molecule has 1 saturated carbocycles. The number of nitrogens with one attached hydrogen (secondary N) is 1. The van der Waals surface area contributed by atoms with Crippen LogP contribution in [-0.4, -0.2) is 16.1 Å². The van der Waals surface area contributed by atoms with Crippen LogP contribution < -0.4 is 5.32 Å². The zero-order chi connectivity index (χ0) is 14.8. The summed E-state index contributed by atoms with van der Waals surface area (Å²) in [5.74, 6) is 1.14. The predicted octanol–water partition coefficient (Wildman–Crippen LogP) is 3.80. The molecular weight excluding hydrogens is 302 g/mol. The second-order valence-electron chi connectivity index (χ2n) is 5.42. The van der Waals surface area contributed by atoms with Gasteiger partial charge < -0.3 is 5.32 Å². The molecule has 0 atom stereocenters. The number of aryl methyl sites for hydroxylation is 2. The van der Waals surface area contributed by atoms with Crippen molar-refractivity contribution in [3.63, 3.8) is 0 Å². The Bertz CT molecular complexity index is 644. The van der Waals surface area contributed by atoms with E-state index >= 15 is 0 Å². The number of hydrogen-bond acceptors (Lipinski definition) is 5. The summed E-state index contributed by atoms with van der Waals surface area (Å²) in [7, 11) is 0. The molecule has 0 aliphatic heterocycles. The summed E-state index contributed by atoms with van der Waals surface area (Å²) >= 11 is 3.10. The van der Waals surface area contributed by atoms with Crippen molar-refractivity contribution in [3.05, 3.63) is 34.9 Å². The first-order valence-corrected chi connectivity index (χ1v) is 8.75. The van der Waals surface area contributed by atoms with Crippen LogP contribution in [0.4, 0.5) is 5.13 Å². The topological polar surface area (TPSA) is 54.9 Å². The lowest BCUT2D eigenvalue weighted by Crippen LogP contribution is -2.12. The molecule has 21 heavy (non-hydrogen) atoms. The van der Waals surface area contributed by atoms with Crippen molar-refractivity contribution < 1.29 is 4.79 Å². The minimum Gasteiger partial charge on any atom is -0.300 e. The van der Waals surface area contributed by atoms with Crippen LogP contribution in [0.5, 0.6) is 0 Å². The fourth-order valence-corrected chi connectivity index (χ4v) is 3.85. The smallest absolute Gasteiger partial charge is 0.229 e. The maximum Gasteiger partial charge on any atom is 0.229 e. The molecule has 1 aliphatic rings. The first-order valence-electron chi connectivity index (χ1n) is 6.94. The molecule has 0 saturated heterocycles. The van der Waals surface area contributed by atoms with E-state index in [0.29, 0.717) is 5.13 Å². The van der Waals surface area contributed by atoms with Gasteiger partial charge in [0.1, 0.15) is 0 Å². The Morgan fingerprint density at radius 2 is 2.00 bits per heavy atom. The van der Waals surface area contributed by atoms with Gasteiger partial charge in [-0.15, -0.1) is 10.2 Å². The number of aromatic nitrogens is 2. The summed E-state index contributed by atoms with van der Waals surface area (Å²) in [4.78, 5) is 11.7. The highest BCUT2D eigenvalue weighted by atomic mass is 32.2. The lowest BCUT2D eigenvalue weighted by molar-refractivity contribution is -0.117. The Morgan fingerprint density at radius 1 is 1.29 bits per heavy atom. The maximum absolute atomic E-state index is 11.7. The van der Waals surface area contributed by atoms with Crippen LogP contribution in [0, 0.1) is 19.8 Å². The van der Waals surface area contributed by atoms with Crippen molar-refractivity contribution >= 4 is 34.1 Å². The molecule has 1 aromatic carbocycles. The van der Waals surface area contributed by atoms with Crippen LogP contribution in [0.15, 0.2) is 22.5 Å². The third-order valence-electron chi connectivity index (χ3n) is 3.23. The van der Waals surface area contributed by atoms with Gasteiger partial charge in [-0.1, -0.05) is 52.4 Å². The number of hydrogen-bond donors (Lipinski definition) is 1. The van der Waals surface area contributed by atoms with Gasteiger partial charge in [0.2, 0.25) is 11.0 Å². The normalized spacial score (nSPS) is 14.2. The molecule has 1 aromatic heterocycles. The number of rotatable bonds is 5. The summed E-state index contributed by atoms with van der Waals surface area (Å²) in [6, 6.07) is 6.55. The minimum atomic E-state index is 0.0806. The molecule has 0 spiro atoms. The monoisotopic (exact) mass is 319 g/mol. The molecule has 4 nitrogen and oxygen atoms in total. The predicted molar refractivity (Wildman–Crippen MR) is 86.7 cm³/mol. The van der Waals surface area contributed by atoms with E-state index in [1.165, 1.54) is 28.0 Å². The van der Waals surface area contributed by atoms with E-state index in [9.17, 15) is 4.79 Å². The van der Waals surface area contributed by atoms with E-state index in [1.807, 2.05) is 0 Å². The Hall–Kier alpha value is -1.40. The van der Waals surface area contributed by atoms with E-state index < -0.39 is 0 Å². The van der Waals surface area contributed by atoms with Crippen LogP contribution in [0.25, 0.3) is 0 Å². The van der Waals surface area contributed by atoms with Crippen LogP contribution >= 0.6 is 23.1 Å². The molecule has 110 valence electrons. The Kier molecular flexibility index (Phi) is 4.26. The number of benzene rings is 1. The maximum atomic E-state index is 11.7. The number of thioether (sulfide) groups is 1. The Balaban J connectivity index is 1.57. The average molecular weight is 319 g/mol. The molecule has 6 heteroatoms. The molecule has 1 fully saturated rings. The molecule has 1 aliphatic carbocycles. The Morgan fingerprint density at radius 3 is 2.67 bits per heavy atom. The molecular formula is C15H17N3OS2. The van der Waals surface area contributed by atoms with Gasteiger partial charge in [0.05, 0.1) is 0 Å². The van der Waals surface area contributed by atoms with Crippen molar-refractivity contribution in [3.8, 4) is 0 Å². The second kappa shape index (κ2) is 6.15. The van der Waals surface area contributed by atoms with Crippen molar-refractivity contribution in [1.29, 1.82) is 0 Å². The molecule has 0 radical (unpaired) electrons. The summed E-state index contributed by atoms with van der Waals surface area (Å²) in [5.41, 5.74) is 3.84. The molecule has 0 bridgehead atoms. The molecule has 1 N–H and O–H groups in total. The van der Waals surface area contributed by atoms with E-state index in [-0.39, 0.29) is 11.8 Å². The van der Waals surface area contributed by atoms with Crippen molar-refractivity contribution in [1.82, 2.24) is 10.2 Å². The molecule has 2 aromatic rings. The number of amides is 1. The van der Waals surface area contributed by atoms with Crippen molar-refractivity contribution in [2.75, 3.05) is 5.32 Å². The third-order valence-corrected chi connectivity index (χ3v) is 5.27. The van der Waals surface area contributed by atoms with Gasteiger partial charge >= 0.3 is 0 Å². The largest absolute Gasteiger partial charge is 0.300 e. The lowest BCUT2D eigenvalue weighted by Gasteiger charge is -2.03. The zero-order valence-electron chi connectivity index (χ0n) is 12.0. The van der Waals surface area contributed by atoms with Gasteiger partial charge in [-0.25, -0.2) is 0 Å². The average Bonchev–Trinajstić information content (AvgIpc) is 3.18. The van der Waals surface area contributed by atoms with Gasteiger partial charge in [0, 0.05) is 11.7 Å². The highest BCUT2D eigenvalue weighted by Crippen LogP contribution is 2.32. The summed E-state index contributed by atoms with van der Waals surface area (Å²) in [6.45, 7) is 4.22. The first kappa shape index (κ1) is 14.5. The van der Waals surface area contributed by atoms with Gasteiger partial charge in [-0.05, 0) is 32.3 Å². The number of carbonyl (C=O) groups is 1. The highest BCUT2D eigenvalue weighted by Gasteiger charge is 2.30. The molecule has 3 rings (SSSR count). The fraction of sp³-hybridized carbons (Fsp3) is 0.400. The fourth-order valence-electron chi connectivity index (χ4n) is 2.17. The summed E-state index contributed by atoms with van der Waals surface area (Å²) < 4.78 is 0.889. The van der Waals surface area contributed by atoms with Gasteiger partial charge in [0.15, 0.2) is 4.34 Å². The quantitative estimate of drug-likeness (QED) is 0.673. The number of anilines is 1.